The first-order valence-electron chi connectivity index (χ1n) is 8.30. The Morgan fingerprint density at radius 3 is 1.86 bits per heavy atom. The average molecular weight is 466 g/mol. The number of aryl methyl sites for hydroxylation is 2. The summed E-state index contributed by atoms with van der Waals surface area (Å²) in [7, 11) is 3.02. The van der Waals surface area contributed by atoms with Crippen LogP contribution in [0.2, 0.25) is 15.1 Å². The third-order valence-corrected chi connectivity index (χ3v) is 4.58. The van der Waals surface area contributed by atoms with Gasteiger partial charge in [0.1, 0.15) is 5.02 Å². The van der Waals surface area contributed by atoms with Crippen molar-refractivity contribution in [3.63, 3.8) is 0 Å². The molecule has 0 bridgehead atoms. The van der Waals surface area contributed by atoms with Crippen molar-refractivity contribution in [1.82, 2.24) is 9.13 Å². The van der Waals surface area contributed by atoms with Crippen LogP contribution in [0.4, 0.5) is 0 Å². The number of hydrogen-bond donors (Lipinski definition) is 0. The van der Waals surface area contributed by atoms with E-state index in [1.807, 2.05) is 0 Å². The summed E-state index contributed by atoms with van der Waals surface area (Å²) >= 11 is 17.1. The van der Waals surface area contributed by atoms with Crippen LogP contribution in [0, 0.1) is 0 Å². The second-order valence-corrected chi connectivity index (χ2v) is 6.68. The number of carbonyl (C=O) groups excluding carboxylic acids is 2. The monoisotopic (exact) mass is 464 g/mol. The van der Waals surface area contributed by atoms with Gasteiger partial charge in [0, 0.05) is 32.6 Å². The zero-order chi connectivity index (χ0) is 22.3. The van der Waals surface area contributed by atoms with Crippen LogP contribution in [0.25, 0.3) is 0 Å². The van der Waals surface area contributed by atoms with Crippen LogP contribution in [0.3, 0.4) is 0 Å². The summed E-state index contributed by atoms with van der Waals surface area (Å²) in [6.07, 6.45) is 2.66. The maximum absolute atomic E-state index is 11.4. The second-order valence-electron chi connectivity index (χ2n) is 5.51. The Hall–Kier alpha value is -2.29. The molecule has 0 unspecified atom stereocenters. The molecule has 0 aliphatic rings. The third-order valence-electron chi connectivity index (χ3n) is 3.43. The van der Waals surface area contributed by atoms with E-state index in [0.29, 0.717) is 0 Å². The highest BCUT2D eigenvalue weighted by molar-refractivity contribution is 6.43. The van der Waals surface area contributed by atoms with Crippen molar-refractivity contribution in [2.45, 2.75) is 13.8 Å². The lowest BCUT2D eigenvalue weighted by Gasteiger charge is -2.07. The quantitative estimate of drug-likeness (QED) is 0.644. The van der Waals surface area contributed by atoms with Crippen molar-refractivity contribution in [3.8, 4) is 0 Å². The second kappa shape index (κ2) is 11.0. The van der Waals surface area contributed by atoms with E-state index in [2.05, 4.69) is 0 Å². The Labute approximate surface area is 181 Å². The zero-order valence-electron chi connectivity index (χ0n) is 16.1. The van der Waals surface area contributed by atoms with Crippen LogP contribution in [-0.2, 0) is 23.6 Å². The zero-order valence-corrected chi connectivity index (χ0v) is 18.4. The van der Waals surface area contributed by atoms with E-state index >= 15 is 0 Å². The smallest absolute Gasteiger partial charge is 0.341 e. The molecule has 2 heterocycles. The number of esters is 2. The molecule has 0 radical (unpaired) electrons. The van der Waals surface area contributed by atoms with Gasteiger partial charge in [-0.05, 0) is 13.8 Å². The Kier molecular flexibility index (Phi) is 9.42. The molecule has 158 valence electrons. The molecule has 0 atom stereocenters. The van der Waals surface area contributed by atoms with Crippen molar-refractivity contribution >= 4 is 46.7 Å². The molecule has 0 saturated carbocycles. The number of carbonyl (C=O) groups is 2. The number of halogens is 3. The van der Waals surface area contributed by atoms with E-state index in [9.17, 15) is 19.2 Å². The van der Waals surface area contributed by atoms with Gasteiger partial charge < -0.3 is 18.6 Å². The van der Waals surface area contributed by atoms with E-state index < -0.39 is 17.5 Å². The fourth-order valence-electron chi connectivity index (χ4n) is 1.99. The number of hydrogen-bond acceptors (Lipinski definition) is 6. The average Bonchev–Trinajstić information content (AvgIpc) is 2.66. The molecule has 0 aromatic carbocycles. The highest BCUT2D eigenvalue weighted by Gasteiger charge is 2.17. The molecule has 0 saturated heterocycles. The van der Waals surface area contributed by atoms with Gasteiger partial charge >= 0.3 is 11.9 Å². The minimum Gasteiger partial charge on any atom is -0.462 e. The molecular formula is C18H19Cl3N2O6. The lowest BCUT2D eigenvalue weighted by molar-refractivity contribution is 0.0516. The van der Waals surface area contributed by atoms with Gasteiger partial charge in [-0.25, -0.2) is 9.59 Å². The van der Waals surface area contributed by atoms with E-state index in [0.717, 1.165) is 0 Å². The maximum Gasteiger partial charge on any atom is 0.341 e. The maximum atomic E-state index is 11.4. The minimum absolute atomic E-state index is 0.0711. The SMILES string of the molecule is CCOC(=O)c1cn(C)c(=O)c(Cl)c1Cl.CCOC(=O)c1cn(C)c(=O)cc1Cl. The molecule has 11 heteroatoms. The van der Waals surface area contributed by atoms with Crippen molar-refractivity contribution in [2.24, 2.45) is 14.1 Å². The lowest BCUT2D eigenvalue weighted by Crippen LogP contribution is -2.20. The Bertz CT molecular complexity index is 1030. The lowest BCUT2D eigenvalue weighted by atomic mass is 10.3. The molecule has 0 aliphatic carbocycles. The minimum atomic E-state index is -0.597. The van der Waals surface area contributed by atoms with Crippen molar-refractivity contribution in [2.75, 3.05) is 13.2 Å². The van der Waals surface area contributed by atoms with Crippen molar-refractivity contribution in [1.29, 1.82) is 0 Å². The molecule has 0 aliphatic heterocycles. The van der Waals surface area contributed by atoms with Gasteiger partial charge in [-0.1, -0.05) is 34.8 Å². The standard InChI is InChI=1S/C9H9Cl2NO3.C9H10ClNO3/c1-3-15-9(14)5-4-12(2)8(13)7(11)6(5)10;1-3-14-9(13)6-5-11(2)8(12)4-7(6)10/h4H,3H2,1-2H3;4-5H,3H2,1-2H3. The van der Waals surface area contributed by atoms with Crippen LogP contribution in [0.5, 0.6) is 0 Å². The number of rotatable bonds is 4. The van der Waals surface area contributed by atoms with Crippen molar-refractivity contribution in [3.05, 3.63) is 65.4 Å². The molecule has 0 spiro atoms. The molecule has 29 heavy (non-hydrogen) atoms. The van der Waals surface area contributed by atoms with Gasteiger partial charge in [-0.2, -0.15) is 0 Å². The van der Waals surface area contributed by atoms with Crippen LogP contribution in [-0.4, -0.2) is 34.3 Å². The summed E-state index contributed by atoms with van der Waals surface area (Å²) in [5, 5.41) is -0.130. The molecular weight excluding hydrogens is 447 g/mol. The fraction of sp³-hybridized carbons (Fsp3) is 0.333. The van der Waals surface area contributed by atoms with Crippen LogP contribution >= 0.6 is 34.8 Å². The molecule has 0 amide bonds. The third kappa shape index (κ3) is 6.35. The molecule has 2 aromatic heterocycles. The van der Waals surface area contributed by atoms with Crippen molar-refractivity contribution < 1.29 is 19.1 Å². The van der Waals surface area contributed by atoms with Gasteiger partial charge in [-0.3, -0.25) is 9.59 Å². The highest BCUT2D eigenvalue weighted by atomic mass is 35.5. The predicted molar refractivity (Wildman–Crippen MR) is 110 cm³/mol. The van der Waals surface area contributed by atoms with Gasteiger partial charge in [-0.15, -0.1) is 0 Å². The van der Waals surface area contributed by atoms with E-state index in [1.165, 1.54) is 34.6 Å². The fourth-order valence-corrected chi connectivity index (χ4v) is 2.65. The summed E-state index contributed by atoms with van der Waals surface area (Å²) in [5.41, 5.74) is -0.418. The largest absolute Gasteiger partial charge is 0.462 e. The Morgan fingerprint density at radius 1 is 0.862 bits per heavy atom. The Balaban J connectivity index is 0.000000291. The van der Waals surface area contributed by atoms with Gasteiger partial charge in [0.25, 0.3) is 11.1 Å². The molecule has 0 N–H and O–H groups in total. The first-order chi connectivity index (χ1) is 13.5. The summed E-state index contributed by atoms with van der Waals surface area (Å²) in [4.78, 5) is 45.1. The van der Waals surface area contributed by atoms with Gasteiger partial charge in [0.15, 0.2) is 0 Å². The molecule has 8 nitrogen and oxygen atoms in total. The van der Waals surface area contributed by atoms with E-state index in [1.54, 1.807) is 20.9 Å². The molecule has 2 rings (SSSR count). The van der Waals surface area contributed by atoms with E-state index in [-0.39, 0.29) is 45.0 Å². The summed E-state index contributed by atoms with van der Waals surface area (Å²) < 4.78 is 12.0. The molecule has 0 fully saturated rings. The number of aromatic nitrogens is 2. The first-order valence-corrected chi connectivity index (χ1v) is 9.43. The normalized spacial score (nSPS) is 10.0. The molecule has 2 aromatic rings. The predicted octanol–water partition coefficient (Wildman–Crippen LogP) is 3.08. The van der Waals surface area contributed by atoms with Gasteiger partial charge in [0.2, 0.25) is 0 Å². The summed E-state index contributed by atoms with van der Waals surface area (Å²) in [5.74, 6) is -1.12. The first kappa shape index (κ1) is 24.7. The van der Waals surface area contributed by atoms with Crippen LogP contribution in [0.15, 0.2) is 28.0 Å². The van der Waals surface area contributed by atoms with Crippen LogP contribution < -0.4 is 11.1 Å². The number of ether oxygens (including phenoxy) is 2. The summed E-state index contributed by atoms with van der Waals surface area (Å²) in [6, 6.07) is 1.19. The topological polar surface area (TPSA) is 96.6 Å². The number of nitrogens with zero attached hydrogens (tertiary/aromatic N) is 2. The van der Waals surface area contributed by atoms with Gasteiger partial charge in [0.05, 0.1) is 34.4 Å². The van der Waals surface area contributed by atoms with E-state index in [4.69, 9.17) is 44.3 Å². The summed E-state index contributed by atoms with van der Waals surface area (Å²) in [6.45, 7) is 3.89. The van der Waals surface area contributed by atoms with Crippen LogP contribution in [0.1, 0.15) is 34.6 Å². The highest BCUT2D eigenvalue weighted by Crippen LogP contribution is 2.22. The number of pyridine rings is 2. The Morgan fingerprint density at radius 2 is 1.34 bits per heavy atom.